The Morgan fingerprint density at radius 2 is 1.66 bits per heavy atom. The third-order valence-electron chi connectivity index (χ3n) is 4.48. The lowest BCUT2D eigenvalue weighted by molar-refractivity contribution is -0.136. The quantitative estimate of drug-likeness (QED) is 0.153. The summed E-state index contributed by atoms with van der Waals surface area (Å²) in [7, 11) is 2.84. The van der Waals surface area contributed by atoms with Gasteiger partial charge in [0.05, 0.1) is 26.1 Å². The van der Waals surface area contributed by atoms with Crippen LogP contribution in [0.5, 0.6) is 17.2 Å². The van der Waals surface area contributed by atoms with E-state index in [0.717, 1.165) is 6.07 Å². The maximum absolute atomic E-state index is 13.8. The molecule has 0 aromatic heterocycles. The van der Waals surface area contributed by atoms with Gasteiger partial charge in [-0.05, 0) is 54.1 Å². The van der Waals surface area contributed by atoms with E-state index in [2.05, 4.69) is 26.3 Å². The van der Waals surface area contributed by atoms with E-state index in [1.165, 1.54) is 44.7 Å². The van der Waals surface area contributed by atoms with Gasteiger partial charge in [-0.3, -0.25) is 9.59 Å². The van der Waals surface area contributed by atoms with Crippen LogP contribution in [0.2, 0.25) is 0 Å². The summed E-state index contributed by atoms with van der Waals surface area (Å²) in [6, 6.07) is 15.1. The van der Waals surface area contributed by atoms with Crippen LogP contribution in [0.3, 0.4) is 0 Å². The maximum atomic E-state index is 13.8. The predicted molar refractivity (Wildman–Crippen MR) is 129 cm³/mol. The molecule has 3 rings (SSSR count). The van der Waals surface area contributed by atoms with E-state index < -0.39 is 23.6 Å². The number of para-hydroxylation sites is 1. The van der Waals surface area contributed by atoms with Crippen LogP contribution >= 0.6 is 15.9 Å². The monoisotopic (exact) mass is 543 g/mol. The summed E-state index contributed by atoms with van der Waals surface area (Å²) in [5.41, 5.74) is 2.61. The Bertz CT molecular complexity index is 1300. The van der Waals surface area contributed by atoms with Crippen LogP contribution in [0.4, 0.5) is 10.1 Å². The molecule has 11 heteroatoms. The number of carbonyl (C=O) groups is 3. The van der Waals surface area contributed by atoms with Crippen LogP contribution in [0, 0.1) is 5.82 Å². The van der Waals surface area contributed by atoms with Crippen molar-refractivity contribution < 1.29 is 33.0 Å². The molecule has 2 N–H and O–H groups in total. The Kier molecular flexibility index (Phi) is 8.52. The molecule has 0 saturated heterocycles. The number of esters is 1. The molecule has 0 aliphatic carbocycles. The van der Waals surface area contributed by atoms with E-state index in [-0.39, 0.29) is 22.7 Å². The SMILES string of the molecule is COc1cc(C=NNC(=O)C(=O)Nc2ccc(Br)cc2F)ccc1OC(=O)c1ccccc1OC. The van der Waals surface area contributed by atoms with Crippen molar-refractivity contribution in [3.8, 4) is 17.2 Å². The van der Waals surface area contributed by atoms with Crippen LogP contribution in [-0.2, 0) is 9.59 Å². The maximum Gasteiger partial charge on any atom is 0.347 e. The summed E-state index contributed by atoms with van der Waals surface area (Å²) in [6.45, 7) is 0. The smallest absolute Gasteiger partial charge is 0.347 e. The summed E-state index contributed by atoms with van der Waals surface area (Å²) in [4.78, 5) is 36.4. The van der Waals surface area contributed by atoms with Gasteiger partial charge in [-0.25, -0.2) is 14.6 Å². The van der Waals surface area contributed by atoms with E-state index in [4.69, 9.17) is 14.2 Å². The molecule has 9 nitrogen and oxygen atoms in total. The predicted octanol–water partition coefficient (Wildman–Crippen LogP) is 3.91. The number of hydrazone groups is 1. The molecule has 0 radical (unpaired) electrons. The third kappa shape index (κ3) is 6.64. The minimum atomic E-state index is -1.10. The zero-order valence-corrected chi connectivity index (χ0v) is 20.1. The van der Waals surface area contributed by atoms with Gasteiger partial charge < -0.3 is 19.5 Å². The number of hydrogen-bond acceptors (Lipinski definition) is 7. The van der Waals surface area contributed by atoms with Crippen LogP contribution in [-0.4, -0.2) is 38.2 Å². The third-order valence-corrected chi connectivity index (χ3v) is 4.98. The fraction of sp³-hybridized carbons (Fsp3) is 0.0833. The first-order valence-electron chi connectivity index (χ1n) is 9.95. The Labute approximate surface area is 208 Å². The van der Waals surface area contributed by atoms with Gasteiger partial charge in [0.25, 0.3) is 0 Å². The van der Waals surface area contributed by atoms with E-state index in [1.54, 1.807) is 30.3 Å². The van der Waals surface area contributed by atoms with E-state index >= 15 is 0 Å². The number of hydrogen-bond donors (Lipinski definition) is 2. The minimum absolute atomic E-state index is 0.152. The highest BCUT2D eigenvalue weighted by Crippen LogP contribution is 2.29. The van der Waals surface area contributed by atoms with Crippen LogP contribution < -0.4 is 25.0 Å². The Balaban J connectivity index is 1.63. The van der Waals surface area contributed by atoms with Crippen molar-refractivity contribution in [2.24, 2.45) is 5.10 Å². The first-order valence-corrected chi connectivity index (χ1v) is 10.7. The first kappa shape index (κ1) is 25.4. The molecule has 2 amide bonds. The summed E-state index contributed by atoms with van der Waals surface area (Å²) in [5, 5.41) is 5.86. The molecule has 0 fully saturated rings. The molecule has 35 heavy (non-hydrogen) atoms. The molecular weight excluding hydrogens is 525 g/mol. The molecule has 0 spiro atoms. The minimum Gasteiger partial charge on any atom is -0.496 e. The molecule has 0 aliphatic heterocycles. The highest BCUT2D eigenvalue weighted by molar-refractivity contribution is 9.10. The lowest BCUT2D eigenvalue weighted by Gasteiger charge is -2.11. The highest BCUT2D eigenvalue weighted by Gasteiger charge is 2.17. The fourth-order valence-corrected chi connectivity index (χ4v) is 3.14. The zero-order chi connectivity index (χ0) is 25.4. The Morgan fingerprint density at radius 3 is 2.37 bits per heavy atom. The molecule has 0 bridgehead atoms. The number of benzene rings is 3. The summed E-state index contributed by atoms with van der Waals surface area (Å²) in [6.07, 6.45) is 1.25. The molecule has 3 aromatic carbocycles. The number of ether oxygens (including phenoxy) is 3. The first-order chi connectivity index (χ1) is 16.8. The highest BCUT2D eigenvalue weighted by atomic mass is 79.9. The number of methoxy groups -OCH3 is 2. The van der Waals surface area contributed by atoms with Crippen LogP contribution in [0.15, 0.2) is 70.2 Å². The Morgan fingerprint density at radius 1 is 0.914 bits per heavy atom. The van der Waals surface area contributed by atoms with Gasteiger partial charge in [0, 0.05) is 4.47 Å². The summed E-state index contributed by atoms with van der Waals surface area (Å²) in [5.74, 6) is -2.79. The molecule has 0 aliphatic rings. The normalized spacial score (nSPS) is 10.5. The molecule has 3 aromatic rings. The van der Waals surface area contributed by atoms with Crippen molar-refractivity contribution in [1.29, 1.82) is 0 Å². The van der Waals surface area contributed by atoms with Gasteiger partial charge in [-0.1, -0.05) is 28.1 Å². The summed E-state index contributed by atoms with van der Waals surface area (Å²) >= 11 is 3.10. The van der Waals surface area contributed by atoms with Gasteiger partial charge in [-0.15, -0.1) is 0 Å². The molecule has 180 valence electrons. The standard InChI is InChI=1S/C24H19BrFN3O6/c1-33-19-6-4-3-5-16(19)24(32)35-20-10-7-14(11-21(20)34-2)13-27-29-23(31)22(30)28-18-9-8-15(25)12-17(18)26/h3-13H,1-2H3,(H,28,30)(H,29,31). The average molecular weight is 544 g/mol. The van der Waals surface area contributed by atoms with Gasteiger partial charge in [0.15, 0.2) is 11.5 Å². The van der Waals surface area contributed by atoms with Crippen LogP contribution in [0.25, 0.3) is 0 Å². The number of nitrogens with zero attached hydrogens (tertiary/aromatic N) is 1. The van der Waals surface area contributed by atoms with Gasteiger partial charge in [0.2, 0.25) is 0 Å². The number of amides is 2. The molecule has 0 saturated carbocycles. The van der Waals surface area contributed by atoms with E-state index in [9.17, 15) is 18.8 Å². The number of carbonyl (C=O) groups excluding carboxylic acids is 3. The summed E-state index contributed by atoms with van der Waals surface area (Å²) < 4.78 is 30.2. The van der Waals surface area contributed by atoms with E-state index in [0.29, 0.717) is 15.8 Å². The zero-order valence-electron chi connectivity index (χ0n) is 18.5. The van der Waals surface area contributed by atoms with Crippen molar-refractivity contribution in [3.63, 3.8) is 0 Å². The average Bonchev–Trinajstić information content (AvgIpc) is 2.86. The second-order valence-electron chi connectivity index (χ2n) is 6.78. The van der Waals surface area contributed by atoms with Crippen molar-refractivity contribution in [2.45, 2.75) is 0 Å². The number of halogens is 2. The van der Waals surface area contributed by atoms with Crippen molar-refractivity contribution in [1.82, 2.24) is 5.43 Å². The van der Waals surface area contributed by atoms with Gasteiger partial charge >= 0.3 is 17.8 Å². The second kappa shape index (κ2) is 11.7. The van der Waals surface area contributed by atoms with Crippen molar-refractivity contribution >= 4 is 45.6 Å². The van der Waals surface area contributed by atoms with Gasteiger partial charge in [-0.2, -0.15) is 5.10 Å². The second-order valence-corrected chi connectivity index (χ2v) is 7.69. The molecular formula is C24H19BrFN3O6. The number of rotatable bonds is 7. The van der Waals surface area contributed by atoms with Gasteiger partial charge in [0.1, 0.15) is 17.1 Å². The Hall–Kier alpha value is -4.25. The van der Waals surface area contributed by atoms with Crippen LogP contribution in [0.1, 0.15) is 15.9 Å². The topological polar surface area (TPSA) is 115 Å². The number of anilines is 1. The lowest BCUT2D eigenvalue weighted by atomic mass is 10.2. The fourth-order valence-electron chi connectivity index (χ4n) is 2.80. The lowest BCUT2D eigenvalue weighted by Crippen LogP contribution is -2.32. The van der Waals surface area contributed by atoms with Crippen molar-refractivity contribution in [2.75, 3.05) is 19.5 Å². The molecule has 0 unspecified atom stereocenters. The van der Waals surface area contributed by atoms with Crippen molar-refractivity contribution in [3.05, 3.63) is 82.1 Å². The van der Waals surface area contributed by atoms with E-state index in [1.807, 2.05) is 5.43 Å². The number of nitrogens with one attached hydrogen (secondary N) is 2. The molecule has 0 atom stereocenters. The molecule has 0 heterocycles. The largest absolute Gasteiger partial charge is 0.496 e.